The number of piperidine rings is 1. The molecule has 6 nitrogen and oxygen atoms in total. The molecule has 0 aliphatic carbocycles. The summed E-state index contributed by atoms with van der Waals surface area (Å²) in [6.45, 7) is 0.903. The van der Waals surface area contributed by atoms with Crippen molar-refractivity contribution in [3.63, 3.8) is 0 Å². The first-order valence-corrected chi connectivity index (χ1v) is 6.40. The number of likely N-dealkylation sites (tertiary alicyclic amines) is 1. The van der Waals surface area contributed by atoms with Gasteiger partial charge in [-0.05, 0) is 18.9 Å². The van der Waals surface area contributed by atoms with Gasteiger partial charge in [0.25, 0.3) is 0 Å². The minimum atomic E-state index is -4.51. The fraction of sp³-hybridized carbons (Fsp3) is 0.583. The zero-order chi connectivity index (χ0) is 15.5. The van der Waals surface area contributed by atoms with Crippen LogP contribution in [0.15, 0.2) is 12.3 Å². The lowest BCUT2D eigenvalue weighted by atomic mass is 10.1. The molecule has 0 spiro atoms. The van der Waals surface area contributed by atoms with Crippen molar-refractivity contribution in [1.82, 2.24) is 14.9 Å². The van der Waals surface area contributed by atoms with Gasteiger partial charge in [0.2, 0.25) is 5.95 Å². The molecule has 2 heterocycles. The minimum absolute atomic E-state index is 0.0958. The van der Waals surface area contributed by atoms with Gasteiger partial charge in [-0.3, -0.25) is 0 Å². The molecule has 1 fully saturated rings. The number of amides is 1. The van der Waals surface area contributed by atoms with Gasteiger partial charge in [-0.2, -0.15) is 13.2 Å². The van der Waals surface area contributed by atoms with Gasteiger partial charge in [0.15, 0.2) is 0 Å². The molecule has 1 atom stereocenters. The summed E-state index contributed by atoms with van der Waals surface area (Å²) in [5.41, 5.74) is -0.999. The first-order valence-electron chi connectivity index (χ1n) is 6.40. The fourth-order valence-corrected chi connectivity index (χ4v) is 2.16. The lowest BCUT2D eigenvalue weighted by Gasteiger charge is -2.32. The first-order chi connectivity index (χ1) is 9.90. The zero-order valence-corrected chi connectivity index (χ0v) is 11.4. The number of carbonyl (C=O) groups is 1. The van der Waals surface area contributed by atoms with Crippen LogP contribution in [0.1, 0.15) is 18.5 Å². The molecular formula is C12H15F3N4O2. The summed E-state index contributed by atoms with van der Waals surface area (Å²) in [5.74, 6) is -0.0958. The van der Waals surface area contributed by atoms with Gasteiger partial charge in [-0.25, -0.2) is 14.8 Å². The molecule has 1 aliphatic heterocycles. The van der Waals surface area contributed by atoms with Crippen molar-refractivity contribution in [3.8, 4) is 0 Å². The van der Waals surface area contributed by atoms with Crippen molar-refractivity contribution in [1.29, 1.82) is 0 Å². The van der Waals surface area contributed by atoms with Gasteiger partial charge in [-0.15, -0.1) is 0 Å². The summed E-state index contributed by atoms with van der Waals surface area (Å²) in [5, 5.41) is 2.83. The minimum Gasteiger partial charge on any atom is -0.453 e. The third-order valence-corrected chi connectivity index (χ3v) is 3.13. The second kappa shape index (κ2) is 6.15. The van der Waals surface area contributed by atoms with E-state index >= 15 is 0 Å². The Morgan fingerprint density at radius 1 is 1.52 bits per heavy atom. The molecular weight excluding hydrogens is 289 g/mol. The topological polar surface area (TPSA) is 67.3 Å². The number of methoxy groups -OCH3 is 1. The van der Waals surface area contributed by atoms with Crippen LogP contribution in [0.3, 0.4) is 0 Å². The monoisotopic (exact) mass is 304 g/mol. The summed E-state index contributed by atoms with van der Waals surface area (Å²) >= 11 is 0. The van der Waals surface area contributed by atoms with Crippen LogP contribution < -0.4 is 5.32 Å². The quantitative estimate of drug-likeness (QED) is 0.906. The SMILES string of the molecule is COC(=O)N1CCCC(Nc2nccc(C(F)(F)F)n2)C1. The predicted octanol–water partition coefficient (Wildman–Crippen LogP) is 2.14. The van der Waals surface area contributed by atoms with Gasteiger partial charge >= 0.3 is 12.3 Å². The number of hydrogen-bond donors (Lipinski definition) is 1. The smallest absolute Gasteiger partial charge is 0.433 e. The van der Waals surface area contributed by atoms with Crippen LogP contribution in [-0.4, -0.2) is 47.2 Å². The highest BCUT2D eigenvalue weighted by Gasteiger charge is 2.33. The average Bonchev–Trinajstić information content (AvgIpc) is 2.46. The summed E-state index contributed by atoms with van der Waals surface area (Å²) in [6, 6.07) is 0.605. The van der Waals surface area contributed by atoms with E-state index in [1.165, 1.54) is 12.0 Å². The molecule has 0 radical (unpaired) electrons. The number of rotatable bonds is 2. The lowest BCUT2D eigenvalue weighted by molar-refractivity contribution is -0.141. The molecule has 1 saturated heterocycles. The van der Waals surface area contributed by atoms with E-state index in [4.69, 9.17) is 0 Å². The lowest BCUT2D eigenvalue weighted by Crippen LogP contribution is -2.45. The van der Waals surface area contributed by atoms with Gasteiger partial charge in [0.05, 0.1) is 7.11 Å². The summed E-state index contributed by atoms with van der Waals surface area (Å²) in [4.78, 5) is 20.2. The molecule has 0 aromatic carbocycles. The van der Waals surface area contributed by atoms with Crippen LogP contribution >= 0.6 is 0 Å². The zero-order valence-electron chi connectivity index (χ0n) is 11.4. The van der Waals surface area contributed by atoms with Crippen molar-refractivity contribution in [3.05, 3.63) is 18.0 Å². The number of alkyl halides is 3. The highest BCUT2D eigenvalue weighted by Crippen LogP contribution is 2.27. The van der Waals surface area contributed by atoms with E-state index in [0.717, 1.165) is 18.7 Å². The van der Waals surface area contributed by atoms with Crippen LogP contribution in [0.2, 0.25) is 0 Å². The van der Waals surface area contributed by atoms with Crippen molar-refractivity contribution in [2.75, 3.05) is 25.5 Å². The van der Waals surface area contributed by atoms with Gasteiger partial charge in [0.1, 0.15) is 5.69 Å². The third kappa shape index (κ3) is 3.96. The molecule has 21 heavy (non-hydrogen) atoms. The second-order valence-electron chi connectivity index (χ2n) is 4.66. The van der Waals surface area contributed by atoms with Gasteiger partial charge in [0, 0.05) is 25.3 Å². The van der Waals surface area contributed by atoms with Crippen LogP contribution in [0.5, 0.6) is 0 Å². The highest BCUT2D eigenvalue weighted by molar-refractivity contribution is 5.67. The number of hydrogen-bond acceptors (Lipinski definition) is 5. The van der Waals surface area contributed by atoms with Crippen LogP contribution in [0, 0.1) is 0 Å². The average molecular weight is 304 g/mol. The molecule has 2 rings (SSSR count). The second-order valence-corrected chi connectivity index (χ2v) is 4.66. The van der Waals surface area contributed by atoms with E-state index in [1.54, 1.807) is 0 Å². The molecule has 116 valence electrons. The molecule has 1 N–H and O–H groups in total. The molecule has 1 aromatic heterocycles. The first kappa shape index (κ1) is 15.3. The largest absolute Gasteiger partial charge is 0.453 e. The van der Waals surface area contributed by atoms with Gasteiger partial charge < -0.3 is 15.0 Å². The maximum atomic E-state index is 12.6. The number of nitrogens with zero attached hydrogens (tertiary/aromatic N) is 3. The molecule has 0 saturated carbocycles. The number of carbonyl (C=O) groups excluding carboxylic acids is 1. The third-order valence-electron chi connectivity index (χ3n) is 3.13. The molecule has 1 unspecified atom stereocenters. The van der Waals surface area contributed by atoms with Gasteiger partial charge in [-0.1, -0.05) is 0 Å². The van der Waals surface area contributed by atoms with Crippen LogP contribution in [0.25, 0.3) is 0 Å². The van der Waals surface area contributed by atoms with E-state index in [9.17, 15) is 18.0 Å². The molecule has 1 aromatic rings. The van der Waals surface area contributed by atoms with Crippen molar-refractivity contribution in [2.24, 2.45) is 0 Å². The Kier molecular flexibility index (Phi) is 4.49. The van der Waals surface area contributed by atoms with Crippen LogP contribution in [0.4, 0.5) is 23.9 Å². The van der Waals surface area contributed by atoms with Crippen LogP contribution in [-0.2, 0) is 10.9 Å². The Morgan fingerprint density at radius 3 is 2.95 bits per heavy atom. The summed E-state index contributed by atoms with van der Waals surface area (Å²) in [6.07, 6.45) is -2.46. The fourth-order valence-electron chi connectivity index (χ4n) is 2.16. The maximum Gasteiger partial charge on any atom is 0.433 e. The molecule has 0 bridgehead atoms. The normalized spacial score (nSPS) is 19.2. The Labute approximate surface area is 119 Å². The number of ether oxygens (including phenoxy) is 1. The van der Waals surface area contributed by atoms with E-state index < -0.39 is 18.0 Å². The Hall–Kier alpha value is -2.06. The predicted molar refractivity (Wildman–Crippen MR) is 67.7 cm³/mol. The standard InChI is InChI=1S/C12H15F3N4O2/c1-21-11(20)19-6-2-3-8(7-19)17-10-16-5-4-9(18-10)12(13,14)15/h4-5,8H,2-3,6-7H2,1H3,(H,16,17,18). The Balaban J connectivity index is 2.03. The van der Waals surface area contributed by atoms with E-state index in [2.05, 4.69) is 20.0 Å². The number of halogens is 3. The van der Waals surface area contributed by atoms with E-state index in [-0.39, 0.29) is 12.0 Å². The molecule has 9 heteroatoms. The number of aromatic nitrogens is 2. The Bertz CT molecular complexity index is 510. The number of nitrogens with one attached hydrogen (secondary N) is 1. The Morgan fingerprint density at radius 2 is 2.29 bits per heavy atom. The van der Waals surface area contributed by atoms with E-state index in [0.29, 0.717) is 19.5 Å². The number of anilines is 1. The summed E-state index contributed by atoms with van der Waals surface area (Å²) < 4.78 is 42.3. The van der Waals surface area contributed by atoms with Crippen molar-refractivity contribution in [2.45, 2.75) is 25.1 Å². The molecule has 1 amide bonds. The van der Waals surface area contributed by atoms with Crippen molar-refractivity contribution < 1.29 is 22.7 Å². The van der Waals surface area contributed by atoms with Crippen molar-refractivity contribution >= 4 is 12.0 Å². The summed E-state index contributed by atoms with van der Waals surface area (Å²) in [7, 11) is 1.29. The maximum absolute atomic E-state index is 12.6. The van der Waals surface area contributed by atoms with E-state index in [1.807, 2.05) is 0 Å². The highest BCUT2D eigenvalue weighted by atomic mass is 19.4. The molecule has 1 aliphatic rings.